The molecule has 0 saturated heterocycles. The Kier molecular flexibility index (Phi) is 3.80. The zero-order valence-corrected chi connectivity index (χ0v) is 13.5. The summed E-state index contributed by atoms with van der Waals surface area (Å²) in [6.45, 7) is 2.06. The summed E-state index contributed by atoms with van der Waals surface area (Å²) in [6.07, 6.45) is 6.65. The molecular formula is C16H17NO2S2. The quantitative estimate of drug-likeness (QED) is 0.856. The van der Waals surface area contributed by atoms with Gasteiger partial charge in [-0.1, -0.05) is 49.4 Å². The Morgan fingerprint density at radius 1 is 1.29 bits per heavy atom. The van der Waals surface area contributed by atoms with Crippen LogP contribution in [0.1, 0.15) is 18.9 Å². The van der Waals surface area contributed by atoms with Gasteiger partial charge in [0.05, 0.1) is 11.5 Å². The summed E-state index contributed by atoms with van der Waals surface area (Å²) >= 11 is 1.65. The first-order valence-corrected chi connectivity index (χ1v) is 9.48. The van der Waals surface area contributed by atoms with E-state index in [0.29, 0.717) is 12.1 Å². The van der Waals surface area contributed by atoms with Gasteiger partial charge in [-0.3, -0.25) is 0 Å². The fourth-order valence-corrected chi connectivity index (χ4v) is 5.04. The smallest absolute Gasteiger partial charge is 0.205 e. The van der Waals surface area contributed by atoms with Gasteiger partial charge < -0.3 is 0 Å². The summed E-state index contributed by atoms with van der Waals surface area (Å²) in [5, 5.41) is 0. The van der Waals surface area contributed by atoms with Crippen LogP contribution in [0.2, 0.25) is 0 Å². The third kappa shape index (κ3) is 3.14. The Labute approximate surface area is 129 Å². The molecule has 1 heterocycles. The molecule has 0 bridgehead atoms. The van der Waals surface area contributed by atoms with Gasteiger partial charge in [-0.2, -0.15) is 4.40 Å². The third-order valence-electron chi connectivity index (χ3n) is 3.83. The first-order valence-electron chi connectivity index (χ1n) is 6.88. The number of benzene rings is 1. The van der Waals surface area contributed by atoms with E-state index in [1.165, 1.54) is 5.56 Å². The van der Waals surface area contributed by atoms with Crippen molar-refractivity contribution in [2.75, 3.05) is 5.75 Å². The molecule has 0 aromatic heterocycles. The molecule has 0 radical (unpaired) electrons. The third-order valence-corrected chi connectivity index (χ3v) is 6.13. The summed E-state index contributed by atoms with van der Waals surface area (Å²) in [7, 11) is -3.31. The SMILES string of the molecule is C[C@@]12C=CC=C(SCc3ccccc3)C1=NS(=O)(=O)CC2. The van der Waals surface area contributed by atoms with Crippen molar-refractivity contribution in [2.24, 2.45) is 9.81 Å². The number of nitrogens with zero attached hydrogens (tertiary/aromatic N) is 1. The van der Waals surface area contributed by atoms with Crippen LogP contribution in [0.5, 0.6) is 0 Å². The highest BCUT2D eigenvalue weighted by molar-refractivity contribution is 8.03. The van der Waals surface area contributed by atoms with E-state index >= 15 is 0 Å². The monoisotopic (exact) mass is 319 g/mol. The molecule has 0 unspecified atom stereocenters. The molecule has 0 fully saturated rings. The summed E-state index contributed by atoms with van der Waals surface area (Å²) in [5.41, 5.74) is 1.68. The Balaban J connectivity index is 1.86. The zero-order valence-electron chi connectivity index (χ0n) is 11.8. The highest BCUT2D eigenvalue weighted by Crippen LogP contribution is 2.40. The average molecular weight is 319 g/mol. The molecule has 1 aromatic carbocycles. The minimum Gasteiger partial charge on any atom is -0.205 e. The second-order valence-electron chi connectivity index (χ2n) is 5.56. The van der Waals surface area contributed by atoms with Crippen molar-refractivity contribution in [2.45, 2.75) is 19.1 Å². The van der Waals surface area contributed by atoms with E-state index in [0.717, 1.165) is 10.7 Å². The van der Waals surface area contributed by atoms with E-state index in [1.54, 1.807) is 11.8 Å². The second kappa shape index (κ2) is 5.46. The molecule has 0 saturated carbocycles. The minimum atomic E-state index is -3.31. The number of fused-ring (bicyclic) bond motifs is 1. The van der Waals surface area contributed by atoms with Gasteiger partial charge >= 0.3 is 0 Å². The van der Waals surface area contributed by atoms with Crippen molar-refractivity contribution in [1.29, 1.82) is 0 Å². The van der Waals surface area contributed by atoms with Crippen LogP contribution in [0.4, 0.5) is 0 Å². The van der Waals surface area contributed by atoms with Crippen LogP contribution < -0.4 is 0 Å². The number of rotatable bonds is 3. The molecule has 110 valence electrons. The van der Waals surface area contributed by atoms with Crippen molar-refractivity contribution in [3.8, 4) is 0 Å². The van der Waals surface area contributed by atoms with Gasteiger partial charge in [0.15, 0.2) is 0 Å². The van der Waals surface area contributed by atoms with Crippen LogP contribution in [0.15, 0.2) is 57.9 Å². The predicted molar refractivity (Wildman–Crippen MR) is 88.9 cm³/mol. The normalized spacial score (nSPS) is 26.7. The van der Waals surface area contributed by atoms with Crippen LogP contribution in [0.25, 0.3) is 0 Å². The van der Waals surface area contributed by atoms with Gasteiger partial charge in [0.2, 0.25) is 0 Å². The molecule has 0 amide bonds. The number of sulfonamides is 1. The average Bonchev–Trinajstić information content (AvgIpc) is 2.47. The van der Waals surface area contributed by atoms with E-state index < -0.39 is 10.0 Å². The standard InChI is InChI=1S/C16H17NO2S2/c1-16-9-5-8-14(15(16)17-21(18,19)11-10-16)20-12-13-6-3-2-4-7-13/h2-9H,10-12H2,1H3/t16-/m0/s1. The molecule has 0 N–H and O–H groups in total. The van der Waals surface area contributed by atoms with Crippen LogP contribution in [0.3, 0.4) is 0 Å². The molecule has 3 nitrogen and oxygen atoms in total. The second-order valence-corrected chi connectivity index (χ2v) is 8.33. The van der Waals surface area contributed by atoms with Gasteiger partial charge in [0.1, 0.15) is 0 Å². The van der Waals surface area contributed by atoms with Crippen LogP contribution in [0, 0.1) is 5.41 Å². The molecule has 2 aliphatic rings. The van der Waals surface area contributed by atoms with E-state index in [9.17, 15) is 8.42 Å². The molecule has 0 spiro atoms. The maximum absolute atomic E-state index is 11.8. The summed E-state index contributed by atoms with van der Waals surface area (Å²) in [4.78, 5) is 0.965. The molecule has 1 aromatic rings. The summed E-state index contributed by atoms with van der Waals surface area (Å²) < 4.78 is 27.7. The van der Waals surface area contributed by atoms with Crippen molar-refractivity contribution < 1.29 is 8.42 Å². The van der Waals surface area contributed by atoms with Crippen LogP contribution in [-0.4, -0.2) is 19.9 Å². The summed E-state index contributed by atoms with van der Waals surface area (Å²) in [5.74, 6) is 0.948. The molecule has 3 rings (SSSR count). The molecule has 1 aliphatic carbocycles. The minimum absolute atomic E-state index is 0.133. The lowest BCUT2D eigenvalue weighted by Gasteiger charge is -2.34. The summed E-state index contributed by atoms with van der Waals surface area (Å²) in [6, 6.07) is 10.2. The molecule has 1 aliphatic heterocycles. The van der Waals surface area contributed by atoms with E-state index in [2.05, 4.69) is 29.5 Å². The largest absolute Gasteiger partial charge is 0.253 e. The first kappa shape index (κ1) is 14.6. The maximum atomic E-state index is 11.8. The van der Waals surface area contributed by atoms with Crippen molar-refractivity contribution in [1.82, 2.24) is 0 Å². The van der Waals surface area contributed by atoms with Gasteiger partial charge in [0.25, 0.3) is 10.0 Å². The molecule has 1 atom stereocenters. The van der Waals surface area contributed by atoms with E-state index in [1.807, 2.05) is 30.4 Å². The number of thioether (sulfide) groups is 1. The van der Waals surface area contributed by atoms with Crippen LogP contribution >= 0.6 is 11.8 Å². The first-order chi connectivity index (χ1) is 9.99. The number of hydrogen-bond acceptors (Lipinski definition) is 3. The van der Waals surface area contributed by atoms with Crippen molar-refractivity contribution >= 4 is 27.5 Å². The fraction of sp³-hybridized carbons (Fsp3) is 0.312. The lowest BCUT2D eigenvalue weighted by atomic mass is 9.79. The van der Waals surface area contributed by atoms with E-state index in [-0.39, 0.29) is 11.2 Å². The van der Waals surface area contributed by atoms with Gasteiger partial charge in [-0.25, -0.2) is 8.42 Å². The van der Waals surface area contributed by atoms with Gasteiger partial charge in [-0.05, 0) is 18.1 Å². The molecular weight excluding hydrogens is 302 g/mol. The number of hydrogen-bond donors (Lipinski definition) is 0. The lowest BCUT2D eigenvalue weighted by molar-refractivity contribution is 0.538. The number of allylic oxidation sites excluding steroid dienone is 4. The highest BCUT2D eigenvalue weighted by atomic mass is 32.2. The Morgan fingerprint density at radius 2 is 2.05 bits per heavy atom. The van der Waals surface area contributed by atoms with Crippen molar-refractivity contribution in [3.63, 3.8) is 0 Å². The Hall–Kier alpha value is -1.33. The molecule has 21 heavy (non-hydrogen) atoms. The Morgan fingerprint density at radius 3 is 2.81 bits per heavy atom. The maximum Gasteiger partial charge on any atom is 0.253 e. The lowest BCUT2D eigenvalue weighted by Crippen LogP contribution is -2.35. The Bertz CT molecular complexity index is 733. The van der Waals surface area contributed by atoms with Gasteiger partial charge in [-0.15, -0.1) is 11.8 Å². The van der Waals surface area contributed by atoms with E-state index in [4.69, 9.17) is 0 Å². The van der Waals surface area contributed by atoms with Crippen LogP contribution in [-0.2, 0) is 15.8 Å². The predicted octanol–water partition coefficient (Wildman–Crippen LogP) is 3.55. The fourth-order valence-electron chi connectivity index (χ4n) is 2.52. The van der Waals surface area contributed by atoms with Gasteiger partial charge in [0, 0.05) is 16.1 Å². The topological polar surface area (TPSA) is 46.5 Å². The van der Waals surface area contributed by atoms with Crippen molar-refractivity contribution in [3.05, 3.63) is 59.0 Å². The highest BCUT2D eigenvalue weighted by Gasteiger charge is 2.38. The zero-order chi connectivity index (χ0) is 14.9. The molecule has 5 heteroatoms.